The molecule has 0 saturated heterocycles. The minimum Gasteiger partial charge on any atom is -0.327 e. The Hall–Kier alpha value is -0.910. The van der Waals surface area contributed by atoms with Crippen LogP contribution in [0.25, 0.3) is 0 Å². The highest BCUT2D eigenvalue weighted by Gasteiger charge is 2.28. The molecule has 2 rings (SSSR count). The summed E-state index contributed by atoms with van der Waals surface area (Å²) in [5, 5.41) is 0. The van der Waals surface area contributed by atoms with E-state index in [0.29, 0.717) is 10.8 Å². The lowest BCUT2D eigenvalue weighted by molar-refractivity contribution is 0.520. The third-order valence-electron chi connectivity index (χ3n) is 3.40. The van der Waals surface area contributed by atoms with Crippen molar-refractivity contribution >= 4 is 10.0 Å². The van der Waals surface area contributed by atoms with E-state index in [2.05, 4.69) is 0 Å². The van der Waals surface area contributed by atoms with Crippen LogP contribution >= 0.6 is 0 Å². The minimum atomic E-state index is -3.32. The molecule has 0 amide bonds. The lowest BCUT2D eigenvalue weighted by Crippen LogP contribution is -2.25. The summed E-state index contributed by atoms with van der Waals surface area (Å²) >= 11 is 0. The zero-order valence-electron chi connectivity index (χ0n) is 10.8. The molecule has 1 aliphatic carbocycles. The van der Waals surface area contributed by atoms with Crippen molar-refractivity contribution in [2.45, 2.75) is 30.2 Å². The van der Waals surface area contributed by atoms with Gasteiger partial charge in [-0.15, -0.1) is 0 Å². The van der Waals surface area contributed by atoms with Crippen LogP contribution in [0.5, 0.6) is 0 Å². The first kappa shape index (κ1) is 13.5. The maximum atomic E-state index is 11.9. The molecule has 100 valence electrons. The van der Waals surface area contributed by atoms with E-state index in [4.69, 9.17) is 5.73 Å². The summed E-state index contributed by atoms with van der Waals surface area (Å²) in [5.74, 6) is 0.662. The molecule has 1 aromatic rings. The van der Waals surface area contributed by atoms with Crippen molar-refractivity contribution in [3.05, 3.63) is 29.8 Å². The van der Waals surface area contributed by atoms with Crippen LogP contribution in [0.2, 0.25) is 0 Å². The predicted molar refractivity (Wildman–Crippen MR) is 71.7 cm³/mol. The largest absolute Gasteiger partial charge is 0.327 e. The van der Waals surface area contributed by atoms with Gasteiger partial charge in [0.2, 0.25) is 10.0 Å². The van der Waals surface area contributed by atoms with Crippen LogP contribution in [0.1, 0.15) is 18.4 Å². The lowest BCUT2D eigenvalue weighted by Gasteiger charge is -2.13. The molecule has 1 unspecified atom stereocenters. The monoisotopic (exact) mass is 268 g/mol. The number of hydrogen-bond donors (Lipinski definition) is 1. The van der Waals surface area contributed by atoms with Gasteiger partial charge in [-0.2, -0.15) is 0 Å². The molecule has 5 heteroatoms. The molecule has 18 heavy (non-hydrogen) atoms. The Bertz CT molecular complexity index is 504. The molecule has 0 radical (unpaired) electrons. The number of sulfonamides is 1. The van der Waals surface area contributed by atoms with Crippen LogP contribution in [0.3, 0.4) is 0 Å². The quantitative estimate of drug-likeness (QED) is 0.873. The number of nitrogens with two attached hydrogens (primary N) is 1. The van der Waals surface area contributed by atoms with Gasteiger partial charge in [-0.05, 0) is 42.9 Å². The maximum Gasteiger partial charge on any atom is 0.242 e. The van der Waals surface area contributed by atoms with Crippen molar-refractivity contribution in [2.24, 2.45) is 11.7 Å². The van der Waals surface area contributed by atoms with Crippen LogP contribution in [-0.2, 0) is 16.4 Å². The summed E-state index contributed by atoms with van der Waals surface area (Å²) in [6.07, 6.45) is 3.29. The Kier molecular flexibility index (Phi) is 3.75. The molecule has 1 aromatic carbocycles. The molecule has 2 N–H and O–H groups in total. The zero-order chi connectivity index (χ0) is 13.3. The van der Waals surface area contributed by atoms with E-state index < -0.39 is 10.0 Å². The summed E-state index contributed by atoms with van der Waals surface area (Å²) in [6.45, 7) is 0. The van der Waals surface area contributed by atoms with Crippen molar-refractivity contribution in [2.75, 3.05) is 14.1 Å². The first-order valence-electron chi connectivity index (χ1n) is 6.18. The highest BCUT2D eigenvalue weighted by Crippen LogP contribution is 2.32. The smallest absolute Gasteiger partial charge is 0.242 e. The first-order valence-corrected chi connectivity index (χ1v) is 7.62. The number of rotatable bonds is 5. The Labute approximate surface area is 109 Å². The molecular formula is C13H20N2O2S. The van der Waals surface area contributed by atoms with E-state index in [9.17, 15) is 8.42 Å². The van der Waals surface area contributed by atoms with Crippen molar-refractivity contribution in [1.29, 1.82) is 0 Å². The second kappa shape index (κ2) is 4.99. The van der Waals surface area contributed by atoms with E-state index >= 15 is 0 Å². The van der Waals surface area contributed by atoms with E-state index in [1.807, 2.05) is 12.1 Å². The van der Waals surface area contributed by atoms with Crippen LogP contribution in [0.4, 0.5) is 0 Å². The van der Waals surface area contributed by atoms with Gasteiger partial charge in [0.25, 0.3) is 0 Å². The molecule has 1 fully saturated rings. The summed E-state index contributed by atoms with van der Waals surface area (Å²) in [7, 11) is -0.256. The van der Waals surface area contributed by atoms with Gasteiger partial charge in [0.15, 0.2) is 0 Å². The summed E-state index contributed by atoms with van der Waals surface area (Å²) in [6, 6.07) is 7.24. The zero-order valence-corrected chi connectivity index (χ0v) is 11.7. The third kappa shape index (κ3) is 2.91. The molecule has 0 spiro atoms. The van der Waals surface area contributed by atoms with Gasteiger partial charge in [0.1, 0.15) is 0 Å². The highest BCUT2D eigenvalue weighted by atomic mass is 32.2. The average Bonchev–Trinajstić information content (AvgIpc) is 3.13. The fraction of sp³-hybridized carbons (Fsp3) is 0.538. The van der Waals surface area contributed by atoms with Crippen LogP contribution < -0.4 is 5.73 Å². The van der Waals surface area contributed by atoms with Crippen molar-refractivity contribution < 1.29 is 8.42 Å². The van der Waals surface area contributed by atoms with E-state index in [1.54, 1.807) is 12.1 Å². The Morgan fingerprint density at radius 2 is 1.83 bits per heavy atom. The fourth-order valence-electron chi connectivity index (χ4n) is 1.97. The van der Waals surface area contributed by atoms with E-state index in [0.717, 1.165) is 12.0 Å². The second-order valence-corrected chi connectivity index (χ2v) is 7.29. The Balaban J connectivity index is 2.10. The van der Waals surface area contributed by atoms with E-state index in [-0.39, 0.29) is 6.04 Å². The lowest BCUT2D eigenvalue weighted by atomic mass is 10.0. The molecule has 0 aromatic heterocycles. The minimum absolute atomic E-state index is 0.210. The molecule has 0 aliphatic heterocycles. The third-order valence-corrected chi connectivity index (χ3v) is 5.23. The molecule has 1 atom stereocenters. The molecule has 0 bridgehead atoms. The SMILES string of the molecule is CN(C)S(=O)(=O)c1ccc(CC(N)C2CC2)cc1. The summed E-state index contributed by atoms with van der Waals surface area (Å²) in [4.78, 5) is 0.330. The molecule has 0 heterocycles. The van der Waals surface area contributed by atoms with Gasteiger partial charge in [0, 0.05) is 20.1 Å². The number of nitrogens with zero attached hydrogens (tertiary/aromatic N) is 1. The normalized spacial score (nSPS) is 18.0. The predicted octanol–water partition coefficient (Wildman–Crippen LogP) is 1.22. The Morgan fingerprint density at radius 1 is 1.28 bits per heavy atom. The molecular weight excluding hydrogens is 248 g/mol. The first-order chi connectivity index (χ1) is 8.41. The highest BCUT2D eigenvalue weighted by molar-refractivity contribution is 7.89. The summed E-state index contributed by atoms with van der Waals surface area (Å²) < 4.78 is 25.0. The molecule has 4 nitrogen and oxygen atoms in total. The van der Waals surface area contributed by atoms with Crippen LogP contribution in [0, 0.1) is 5.92 Å². The van der Waals surface area contributed by atoms with Crippen molar-refractivity contribution in [3.8, 4) is 0 Å². The van der Waals surface area contributed by atoms with Gasteiger partial charge in [-0.1, -0.05) is 12.1 Å². The fourth-order valence-corrected chi connectivity index (χ4v) is 2.87. The average molecular weight is 268 g/mol. The van der Waals surface area contributed by atoms with Crippen molar-refractivity contribution in [3.63, 3.8) is 0 Å². The van der Waals surface area contributed by atoms with E-state index in [1.165, 1.54) is 31.2 Å². The van der Waals surface area contributed by atoms with Gasteiger partial charge < -0.3 is 5.73 Å². The van der Waals surface area contributed by atoms with Crippen molar-refractivity contribution in [1.82, 2.24) is 4.31 Å². The second-order valence-electron chi connectivity index (χ2n) is 5.14. The van der Waals surface area contributed by atoms with Gasteiger partial charge in [0.05, 0.1) is 4.90 Å². The van der Waals surface area contributed by atoms with Gasteiger partial charge in [-0.25, -0.2) is 12.7 Å². The number of benzene rings is 1. The van der Waals surface area contributed by atoms with Gasteiger partial charge in [-0.3, -0.25) is 0 Å². The summed E-state index contributed by atoms with van der Waals surface area (Å²) in [5.41, 5.74) is 7.16. The van der Waals surface area contributed by atoms with Crippen LogP contribution in [0.15, 0.2) is 29.2 Å². The topological polar surface area (TPSA) is 63.4 Å². The van der Waals surface area contributed by atoms with Gasteiger partial charge >= 0.3 is 0 Å². The standard InChI is InChI=1S/C13H20N2O2S/c1-15(2)18(16,17)12-7-3-10(4-8-12)9-13(14)11-5-6-11/h3-4,7-8,11,13H,5-6,9,14H2,1-2H3. The molecule has 1 saturated carbocycles. The maximum absolute atomic E-state index is 11.9. The number of hydrogen-bond acceptors (Lipinski definition) is 3. The Morgan fingerprint density at radius 3 is 2.28 bits per heavy atom. The van der Waals surface area contributed by atoms with Crippen LogP contribution in [-0.4, -0.2) is 32.9 Å². The molecule has 1 aliphatic rings.